The van der Waals surface area contributed by atoms with E-state index in [1.807, 2.05) is 24.1 Å². The zero-order valence-corrected chi connectivity index (χ0v) is 11.9. The number of aliphatic carboxylic acids is 1. The maximum Gasteiger partial charge on any atom is 0.328 e. The van der Waals surface area contributed by atoms with Crippen LogP contribution in [-0.4, -0.2) is 38.4 Å². The van der Waals surface area contributed by atoms with Crippen LogP contribution in [0.1, 0.15) is 12.0 Å². The monoisotopic (exact) mass is 283 g/mol. The number of anilines is 1. The van der Waals surface area contributed by atoms with E-state index in [-0.39, 0.29) is 0 Å². The van der Waals surface area contributed by atoms with E-state index in [9.17, 15) is 4.79 Å². The zero-order valence-electron chi connectivity index (χ0n) is 11.1. The molecule has 0 unspecified atom stereocenters. The van der Waals surface area contributed by atoms with Crippen molar-refractivity contribution in [3.8, 4) is 0 Å². The third-order valence-corrected chi connectivity index (χ3v) is 3.01. The number of hydrogen-bond acceptors (Lipinski definition) is 3. The summed E-state index contributed by atoms with van der Waals surface area (Å²) in [5, 5.41) is 9.24. The average Bonchev–Trinajstić information content (AvgIpc) is 2.37. The molecule has 0 heterocycles. The van der Waals surface area contributed by atoms with Crippen molar-refractivity contribution in [1.29, 1.82) is 0 Å². The van der Waals surface area contributed by atoms with Crippen molar-refractivity contribution in [2.75, 3.05) is 32.2 Å². The SMILES string of the molecule is COCCCN(C)c1cccc(Cl)c1C=CC(=O)O. The van der Waals surface area contributed by atoms with E-state index in [0.29, 0.717) is 17.2 Å². The summed E-state index contributed by atoms with van der Waals surface area (Å²) in [5.41, 5.74) is 1.62. The molecular formula is C14H18ClNO3. The molecule has 0 radical (unpaired) electrons. The highest BCUT2D eigenvalue weighted by molar-refractivity contribution is 6.32. The first kappa shape index (κ1) is 15.5. The number of hydrogen-bond donors (Lipinski definition) is 1. The second kappa shape index (κ2) is 7.81. The number of halogens is 1. The molecule has 1 aromatic carbocycles. The second-order valence-corrected chi connectivity index (χ2v) is 4.52. The number of ether oxygens (including phenoxy) is 1. The molecule has 0 amide bonds. The van der Waals surface area contributed by atoms with E-state index in [1.165, 1.54) is 6.08 Å². The van der Waals surface area contributed by atoms with E-state index in [0.717, 1.165) is 24.7 Å². The number of carboxylic acid groups (broad SMARTS) is 1. The number of methoxy groups -OCH3 is 1. The minimum absolute atomic E-state index is 0.536. The van der Waals surface area contributed by atoms with Crippen LogP contribution in [0.5, 0.6) is 0 Å². The highest BCUT2D eigenvalue weighted by Gasteiger charge is 2.08. The molecule has 0 aliphatic rings. The largest absolute Gasteiger partial charge is 0.478 e. The fourth-order valence-corrected chi connectivity index (χ4v) is 1.98. The van der Waals surface area contributed by atoms with Gasteiger partial charge in [-0.05, 0) is 24.6 Å². The van der Waals surface area contributed by atoms with Gasteiger partial charge in [-0.15, -0.1) is 0 Å². The van der Waals surface area contributed by atoms with Gasteiger partial charge in [0.25, 0.3) is 0 Å². The molecule has 5 heteroatoms. The molecular weight excluding hydrogens is 266 g/mol. The van der Waals surface area contributed by atoms with Crippen LogP contribution in [-0.2, 0) is 9.53 Å². The molecule has 0 atom stereocenters. The maximum atomic E-state index is 10.6. The number of carboxylic acids is 1. The van der Waals surface area contributed by atoms with Crippen LogP contribution >= 0.6 is 11.6 Å². The predicted molar refractivity (Wildman–Crippen MR) is 77.9 cm³/mol. The Hall–Kier alpha value is -1.52. The van der Waals surface area contributed by atoms with Crippen LogP contribution in [0.15, 0.2) is 24.3 Å². The number of benzene rings is 1. The van der Waals surface area contributed by atoms with Crippen molar-refractivity contribution in [3.05, 3.63) is 34.9 Å². The summed E-state index contributed by atoms with van der Waals surface area (Å²) in [5.74, 6) is -0.993. The zero-order chi connectivity index (χ0) is 14.3. The van der Waals surface area contributed by atoms with Gasteiger partial charge in [0, 0.05) is 49.7 Å². The van der Waals surface area contributed by atoms with Crippen LogP contribution in [0.25, 0.3) is 6.08 Å². The molecule has 0 saturated heterocycles. The van der Waals surface area contributed by atoms with Crippen LogP contribution in [0.4, 0.5) is 5.69 Å². The van der Waals surface area contributed by atoms with E-state index < -0.39 is 5.97 Å². The Morgan fingerprint density at radius 2 is 2.26 bits per heavy atom. The molecule has 4 nitrogen and oxygen atoms in total. The van der Waals surface area contributed by atoms with Gasteiger partial charge >= 0.3 is 5.97 Å². The Bertz CT molecular complexity index is 460. The normalized spacial score (nSPS) is 10.9. The van der Waals surface area contributed by atoms with Crippen molar-refractivity contribution in [3.63, 3.8) is 0 Å². The van der Waals surface area contributed by atoms with Crippen molar-refractivity contribution < 1.29 is 14.6 Å². The van der Waals surface area contributed by atoms with Crippen molar-refractivity contribution in [2.45, 2.75) is 6.42 Å². The summed E-state index contributed by atoms with van der Waals surface area (Å²) in [6.07, 6.45) is 3.50. The predicted octanol–water partition coefficient (Wildman–Crippen LogP) is 2.91. The van der Waals surface area contributed by atoms with Gasteiger partial charge in [0.2, 0.25) is 0 Å². The third-order valence-electron chi connectivity index (χ3n) is 2.68. The third kappa shape index (κ3) is 4.93. The number of rotatable bonds is 7. The van der Waals surface area contributed by atoms with Crippen LogP contribution in [0, 0.1) is 0 Å². The molecule has 19 heavy (non-hydrogen) atoms. The highest BCUT2D eigenvalue weighted by Crippen LogP contribution is 2.28. The van der Waals surface area contributed by atoms with Gasteiger partial charge in [0.1, 0.15) is 0 Å². The molecule has 1 rings (SSSR count). The minimum Gasteiger partial charge on any atom is -0.478 e. The van der Waals surface area contributed by atoms with Gasteiger partial charge in [-0.3, -0.25) is 0 Å². The molecule has 1 aromatic rings. The lowest BCUT2D eigenvalue weighted by Gasteiger charge is -2.22. The lowest BCUT2D eigenvalue weighted by Crippen LogP contribution is -2.20. The van der Waals surface area contributed by atoms with Gasteiger partial charge in [-0.1, -0.05) is 17.7 Å². The van der Waals surface area contributed by atoms with Crippen LogP contribution in [0.3, 0.4) is 0 Å². The summed E-state index contributed by atoms with van der Waals surface area (Å²) in [7, 11) is 3.61. The van der Waals surface area contributed by atoms with Crippen molar-refractivity contribution >= 4 is 29.3 Å². The fourth-order valence-electron chi connectivity index (χ4n) is 1.74. The van der Waals surface area contributed by atoms with Crippen LogP contribution in [0.2, 0.25) is 5.02 Å². The summed E-state index contributed by atoms with van der Waals surface area (Å²) >= 11 is 6.12. The molecule has 0 saturated carbocycles. The fraction of sp³-hybridized carbons (Fsp3) is 0.357. The molecule has 0 aliphatic carbocycles. The lowest BCUT2D eigenvalue weighted by atomic mass is 10.1. The molecule has 1 N–H and O–H groups in total. The van der Waals surface area contributed by atoms with E-state index >= 15 is 0 Å². The standard InChI is InChI=1S/C14H18ClNO3/c1-16(9-4-10-19-2)13-6-3-5-12(15)11(13)7-8-14(17)18/h3,5-8H,4,9-10H2,1-2H3,(H,17,18). The smallest absolute Gasteiger partial charge is 0.328 e. The summed E-state index contributed by atoms with van der Waals surface area (Å²) in [4.78, 5) is 12.7. The first-order chi connectivity index (χ1) is 9.06. The van der Waals surface area contributed by atoms with Crippen molar-refractivity contribution in [1.82, 2.24) is 0 Å². The Labute approximate surface area is 118 Å². The topological polar surface area (TPSA) is 49.8 Å². The second-order valence-electron chi connectivity index (χ2n) is 4.11. The molecule has 0 aliphatic heterocycles. The van der Waals surface area contributed by atoms with Gasteiger partial charge in [-0.25, -0.2) is 4.79 Å². The van der Waals surface area contributed by atoms with Gasteiger partial charge < -0.3 is 14.7 Å². The molecule has 0 spiro atoms. The molecule has 0 fully saturated rings. The summed E-state index contributed by atoms with van der Waals surface area (Å²) < 4.78 is 5.02. The Morgan fingerprint density at radius 1 is 1.53 bits per heavy atom. The first-order valence-corrected chi connectivity index (χ1v) is 6.33. The summed E-state index contributed by atoms with van der Waals surface area (Å²) in [6, 6.07) is 5.51. The summed E-state index contributed by atoms with van der Waals surface area (Å²) in [6.45, 7) is 1.49. The lowest BCUT2D eigenvalue weighted by molar-refractivity contribution is -0.131. The Balaban J connectivity index is 2.93. The maximum absolute atomic E-state index is 10.6. The molecule has 0 aromatic heterocycles. The van der Waals surface area contributed by atoms with Crippen molar-refractivity contribution in [2.24, 2.45) is 0 Å². The average molecular weight is 284 g/mol. The molecule has 0 bridgehead atoms. The quantitative estimate of drug-likeness (QED) is 0.617. The van der Waals surface area contributed by atoms with E-state index in [1.54, 1.807) is 13.2 Å². The highest BCUT2D eigenvalue weighted by atomic mass is 35.5. The van der Waals surface area contributed by atoms with Gasteiger partial charge in [-0.2, -0.15) is 0 Å². The molecule has 104 valence electrons. The van der Waals surface area contributed by atoms with Gasteiger partial charge in [0.05, 0.1) is 0 Å². The minimum atomic E-state index is -0.993. The Morgan fingerprint density at radius 3 is 2.89 bits per heavy atom. The van der Waals surface area contributed by atoms with Crippen LogP contribution < -0.4 is 4.90 Å². The van der Waals surface area contributed by atoms with E-state index in [4.69, 9.17) is 21.4 Å². The first-order valence-electron chi connectivity index (χ1n) is 5.96. The number of nitrogens with zero attached hydrogens (tertiary/aromatic N) is 1. The Kier molecular flexibility index (Phi) is 6.39. The van der Waals surface area contributed by atoms with E-state index in [2.05, 4.69) is 0 Å². The van der Waals surface area contributed by atoms with Gasteiger partial charge in [0.15, 0.2) is 0 Å². The number of carbonyl (C=O) groups is 1.